The average Bonchev–Trinajstić information content (AvgIpc) is 2.69. The van der Waals surface area contributed by atoms with Crippen LogP contribution in [0.5, 0.6) is 11.5 Å². The summed E-state index contributed by atoms with van der Waals surface area (Å²) >= 11 is 0. The van der Waals surface area contributed by atoms with E-state index in [0.29, 0.717) is 37.6 Å². The quantitative estimate of drug-likeness (QED) is 0.802. The highest BCUT2D eigenvalue weighted by molar-refractivity contribution is 5.31. The van der Waals surface area contributed by atoms with Crippen LogP contribution < -0.4 is 9.47 Å². The van der Waals surface area contributed by atoms with Crippen molar-refractivity contribution in [2.45, 2.75) is 12.2 Å². The number of halogens is 2. The summed E-state index contributed by atoms with van der Waals surface area (Å²) in [5.41, 5.74) is 0.586. The summed E-state index contributed by atoms with van der Waals surface area (Å²) in [7, 11) is 1.59. The standard InChI is InChI=1S/C20H23F2NO4/c1-25-16-3-5-17(6-4-16)27-13-15(24)11-23-8-9-26-20(12-23)14-2-7-18(21)19(22)10-14/h2-7,10,15,20,24H,8-9,11-13H2,1H3. The molecule has 0 bridgehead atoms. The molecule has 2 unspecified atom stereocenters. The van der Waals surface area contributed by atoms with Crippen molar-refractivity contribution < 1.29 is 28.1 Å². The van der Waals surface area contributed by atoms with E-state index in [2.05, 4.69) is 0 Å². The molecule has 7 heteroatoms. The Balaban J connectivity index is 1.49. The van der Waals surface area contributed by atoms with Crippen molar-refractivity contribution in [1.82, 2.24) is 4.90 Å². The highest BCUT2D eigenvalue weighted by atomic mass is 19.2. The van der Waals surface area contributed by atoms with Crippen LogP contribution in [-0.4, -0.2) is 56.1 Å². The molecule has 5 nitrogen and oxygen atoms in total. The number of rotatable bonds is 7. The van der Waals surface area contributed by atoms with Crippen molar-refractivity contribution in [3.05, 3.63) is 59.7 Å². The molecule has 27 heavy (non-hydrogen) atoms. The van der Waals surface area contributed by atoms with Gasteiger partial charge in [-0.15, -0.1) is 0 Å². The highest BCUT2D eigenvalue weighted by Gasteiger charge is 2.24. The molecule has 1 N–H and O–H groups in total. The van der Waals surface area contributed by atoms with Crippen LogP contribution >= 0.6 is 0 Å². The summed E-state index contributed by atoms with van der Waals surface area (Å²) in [6, 6.07) is 10.9. The summed E-state index contributed by atoms with van der Waals surface area (Å²) < 4.78 is 42.9. The van der Waals surface area contributed by atoms with Crippen LogP contribution in [0.25, 0.3) is 0 Å². The van der Waals surface area contributed by atoms with Gasteiger partial charge in [-0.1, -0.05) is 6.07 Å². The Hall–Kier alpha value is -2.22. The Labute approximate surface area is 157 Å². The Morgan fingerprint density at radius 1 is 1.15 bits per heavy atom. The minimum Gasteiger partial charge on any atom is -0.497 e. The molecule has 1 heterocycles. The first-order chi connectivity index (χ1) is 13.0. The first-order valence-corrected chi connectivity index (χ1v) is 8.79. The van der Waals surface area contributed by atoms with Gasteiger partial charge in [0.1, 0.15) is 24.2 Å². The molecule has 0 spiro atoms. The molecule has 146 valence electrons. The fraction of sp³-hybridized carbons (Fsp3) is 0.400. The molecule has 1 aliphatic rings. The third-order valence-electron chi connectivity index (χ3n) is 4.44. The molecule has 3 rings (SSSR count). The van der Waals surface area contributed by atoms with E-state index in [1.807, 2.05) is 4.90 Å². The highest BCUT2D eigenvalue weighted by Crippen LogP contribution is 2.24. The van der Waals surface area contributed by atoms with Gasteiger partial charge in [-0.05, 0) is 42.0 Å². The number of aliphatic hydroxyl groups excluding tert-OH is 1. The lowest BCUT2D eigenvalue weighted by molar-refractivity contribution is -0.0460. The van der Waals surface area contributed by atoms with Crippen LogP contribution in [0.15, 0.2) is 42.5 Å². The molecule has 1 fully saturated rings. The summed E-state index contributed by atoms with van der Waals surface area (Å²) in [5, 5.41) is 10.3. The molecular formula is C20H23F2NO4. The van der Waals surface area contributed by atoms with Gasteiger partial charge in [0.2, 0.25) is 0 Å². The predicted octanol–water partition coefficient (Wildman–Crippen LogP) is 2.79. The monoisotopic (exact) mass is 379 g/mol. The van der Waals surface area contributed by atoms with Gasteiger partial charge in [-0.2, -0.15) is 0 Å². The van der Waals surface area contributed by atoms with Crippen LogP contribution in [0.1, 0.15) is 11.7 Å². The van der Waals surface area contributed by atoms with E-state index >= 15 is 0 Å². The lowest BCUT2D eigenvalue weighted by Gasteiger charge is -2.34. The van der Waals surface area contributed by atoms with Gasteiger partial charge < -0.3 is 19.3 Å². The van der Waals surface area contributed by atoms with Gasteiger partial charge in [0.15, 0.2) is 11.6 Å². The Bertz CT molecular complexity index is 741. The number of β-amino-alcohol motifs (C(OH)–C–C–N with tert-alkyl or cyclic N) is 1. The summed E-state index contributed by atoms with van der Waals surface area (Å²) in [6.07, 6.45) is -1.04. The average molecular weight is 379 g/mol. The number of hydrogen-bond donors (Lipinski definition) is 1. The number of methoxy groups -OCH3 is 1. The molecule has 0 amide bonds. The van der Waals surface area contributed by atoms with Crippen LogP contribution in [0.2, 0.25) is 0 Å². The summed E-state index contributed by atoms with van der Waals surface area (Å²) in [6.45, 7) is 2.15. The fourth-order valence-electron chi connectivity index (χ4n) is 3.00. The molecule has 2 aromatic carbocycles. The van der Waals surface area contributed by atoms with E-state index in [1.165, 1.54) is 6.07 Å². The largest absolute Gasteiger partial charge is 0.497 e. The van der Waals surface area contributed by atoms with E-state index in [0.717, 1.165) is 17.9 Å². The molecule has 1 aliphatic heterocycles. The van der Waals surface area contributed by atoms with Gasteiger partial charge in [0.25, 0.3) is 0 Å². The smallest absolute Gasteiger partial charge is 0.159 e. The second kappa shape index (κ2) is 9.12. The minimum atomic E-state index is -0.888. The van der Waals surface area contributed by atoms with Crippen LogP contribution in [0.3, 0.4) is 0 Å². The molecule has 1 saturated heterocycles. The molecular weight excluding hydrogens is 356 g/mol. The Kier molecular flexibility index (Phi) is 6.60. The van der Waals surface area contributed by atoms with Gasteiger partial charge in [0.05, 0.1) is 19.8 Å². The van der Waals surface area contributed by atoms with Crippen LogP contribution in [0, 0.1) is 11.6 Å². The maximum Gasteiger partial charge on any atom is 0.159 e. The van der Waals surface area contributed by atoms with Gasteiger partial charge in [0, 0.05) is 19.6 Å². The van der Waals surface area contributed by atoms with Crippen molar-refractivity contribution in [1.29, 1.82) is 0 Å². The second-order valence-electron chi connectivity index (χ2n) is 6.43. The normalized spacial score (nSPS) is 18.9. The number of ether oxygens (including phenoxy) is 3. The van der Waals surface area contributed by atoms with E-state index < -0.39 is 17.7 Å². The molecule has 0 radical (unpaired) electrons. The number of morpholine rings is 1. The molecule has 0 aliphatic carbocycles. The van der Waals surface area contributed by atoms with Crippen molar-refractivity contribution in [2.24, 2.45) is 0 Å². The second-order valence-corrected chi connectivity index (χ2v) is 6.43. The number of benzene rings is 2. The zero-order chi connectivity index (χ0) is 19.2. The van der Waals surface area contributed by atoms with Crippen molar-refractivity contribution >= 4 is 0 Å². The lowest BCUT2D eigenvalue weighted by atomic mass is 10.1. The van der Waals surface area contributed by atoms with Crippen molar-refractivity contribution in [3.8, 4) is 11.5 Å². The van der Waals surface area contributed by atoms with Crippen molar-refractivity contribution in [3.63, 3.8) is 0 Å². The molecule has 2 aromatic rings. The van der Waals surface area contributed by atoms with Crippen LogP contribution in [0.4, 0.5) is 8.78 Å². The predicted molar refractivity (Wildman–Crippen MR) is 96.0 cm³/mol. The number of hydrogen-bond acceptors (Lipinski definition) is 5. The Morgan fingerprint density at radius 2 is 1.89 bits per heavy atom. The van der Waals surface area contributed by atoms with Crippen molar-refractivity contribution in [2.75, 3.05) is 40.0 Å². The van der Waals surface area contributed by atoms with E-state index in [9.17, 15) is 13.9 Å². The molecule has 0 aromatic heterocycles. The van der Waals surface area contributed by atoms with Gasteiger partial charge in [-0.3, -0.25) is 4.90 Å². The van der Waals surface area contributed by atoms with Gasteiger partial charge in [-0.25, -0.2) is 8.78 Å². The third-order valence-corrected chi connectivity index (χ3v) is 4.44. The van der Waals surface area contributed by atoms with E-state index in [-0.39, 0.29) is 12.7 Å². The van der Waals surface area contributed by atoms with Crippen LogP contribution in [-0.2, 0) is 4.74 Å². The zero-order valence-corrected chi connectivity index (χ0v) is 15.1. The number of nitrogens with zero attached hydrogens (tertiary/aromatic N) is 1. The maximum atomic E-state index is 13.4. The third kappa shape index (κ3) is 5.38. The Morgan fingerprint density at radius 3 is 2.59 bits per heavy atom. The maximum absolute atomic E-state index is 13.4. The minimum absolute atomic E-state index is 0.152. The zero-order valence-electron chi connectivity index (χ0n) is 15.1. The topological polar surface area (TPSA) is 51.2 Å². The van der Waals surface area contributed by atoms with E-state index in [4.69, 9.17) is 14.2 Å². The molecule has 2 atom stereocenters. The summed E-state index contributed by atoms with van der Waals surface area (Å²) in [5.74, 6) is -0.380. The molecule has 0 saturated carbocycles. The number of aliphatic hydroxyl groups is 1. The fourth-order valence-corrected chi connectivity index (χ4v) is 3.00. The SMILES string of the molecule is COc1ccc(OCC(O)CN2CCOC(c3ccc(F)c(F)c3)C2)cc1. The lowest BCUT2D eigenvalue weighted by Crippen LogP contribution is -2.43. The van der Waals surface area contributed by atoms with E-state index in [1.54, 1.807) is 31.4 Å². The first kappa shape index (κ1) is 19.5. The first-order valence-electron chi connectivity index (χ1n) is 8.79. The van der Waals surface area contributed by atoms with Gasteiger partial charge >= 0.3 is 0 Å². The summed E-state index contributed by atoms with van der Waals surface area (Å²) in [4.78, 5) is 2.03.